The van der Waals surface area contributed by atoms with Gasteiger partial charge in [0, 0.05) is 12.5 Å². The van der Waals surface area contributed by atoms with Crippen LogP contribution >= 0.6 is 0 Å². The van der Waals surface area contributed by atoms with Gasteiger partial charge in [-0.25, -0.2) is 0 Å². The fraction of sp³-hybridized carbons (Fsp3) is 1.00. The molecule has 0 aliphatic carbocycles. The summed E-state index contributed by atoms with van der Waals surface area (Å²) in [5.41, 5.74) is 5.68. The minimum absolute atomic E-state index is 0.0697. The molecule has 1 nitrogen and oxygen atoms in total. The van der Waals surface area contributed by atoms with E-state index in [0.717, 1.165) is 12.8 Å². The Morgan fingerprint density at radius 2 is 1.64 bits per heavy atom. The topological polar surface area (TPSA) is 26.0 Å². The molecule has 0 aromatic rings. The number of alkyl halides is 3. The van der Waals surface area contributed by atoms with E-state index in [2.05, 4.69) is 13.8 Å². The lowest BCUT2D eigenvalue weighted by atomic mass is 10.00. The third kappa shape index (κ3) is 9.84. The van der Waals surface area contributed by atoms with Gasteiger partial charge in [-0.2, -0.15) is 13.2 Å². The van der Waals surface area contributed by atoms with Crippen molar-refractivity contribution in [3.05, 3.63) is 0 Å². The molecule has 1 unspecified atom stereocenters. The second-order valence-electron chi connectivity index (χ2n) is 4.24. The predicted octanol–water partition coefficient (Wildman–Crippen LogP) is 3.48. The van der Waals surface area contributed by atoms with Gasteiger partial charge in [-0.1, -0.05) is 13.8 Å². The Morgan fingerprint density at radius 3 is 2.07 bits per heavy atom. The van der Waals surface area contributed by atoms with E-state index in [1.807, 2.05) is 0 Å². The zero-order valence-electron chi connectivity index (χ0n) is 8.90. The van der Waals surface area contributed by atoms with Crippen molar-refractivity contribution in [2.24, 2.45) is 11.7 Å². The second kappa shape index (κ2) is 6.27. The largest absolute Gasteiger partial charge is 0.389 e. The molecule has 0 radical (unpaired) electrons. The van der Waals surface area contributed by atoms with Crippen LogP contribution in [0, 0.1) is 5.92 Å². The van der Waals surface area contributed by atoms with Crippen LogP contribution in [0.1, 0.15) is 46.0 Å². The standard InChI is InChI=1S/C10H20F3N/c1-8(2)5-6-9(14)4-3-7-10(11,12)13/h8-9H,3-7,14H2,1-2H3. The SMILES string of the molecule is CC(C)CCC(N)CCCC(F)(F)F. The van der Waals surface area contributed by atoms with Crippen molar-refractivity contribution in [3.63, 3.8) is 0 Å². The first-order valence-electron chi connectivity index (χ1n) is 5.13. The number of hydrogen-bond acceptors (Lipinski definition) is 1. The Labute approximate surface area is 83.9 Å². The monoisotopic (exact) mass is 211 g/mol. The molecule has 4 heteroatoms. The Hall–Kier alpha value is -0.250. The molecular weight excluding hydrogens is 191 g/mol. The van der Waals surface area contributed by atoms with Crippen LogP contribution in [0.5, 0.6) is 0 Å². The van der Waals surface area contributed by atoms with Crippen molar-refractivity contribution in [1.29, 1.82) is 0 Å². The van der Waals surface area contributed by atoms with E-state index in [-0.39, 0.29) is 12.5 Å². The normalized spacial score (nSPS) is 14.8. The van der Waals surface area contributed by atoms with Gasteiger partial charge in [0.25, 0.3) is 0 Å². The molecule has 0 saturated heterocycles. The Morgan fingerprint density at radius 1 is 1.07 bits per heavy atom. The highest BCUT2D eigenvalue weighted by Crippen LogP contribution is 2.23. The van der Waals surface area contributed by atoms with Gasteiger partial charge in [-0.05, 0) is 31.6 Å². The highest BCUT2D eigenvalue weighted by molar-refractivity contribution is 4.64. The summed E-state index contributed by atoms with van der Waals surface area (Å²) in [4.78, 5) is 0. The molecule has 1 atom stereocenters. The minimum Gasteiger partial charge on any atom is -0.328 e. The van der Waals surface area contributed by atoms with Crippen LogP contribution in [0.4, 0.5) is 13.2 Å². The van der Waals surface area contributed by atoms with Gasteiger partial charge < -0.3 is 5.73 Å². The van der Waals surface area contributed by atoms with Crippen LogP contribution in [0.25, 0.3) is 0 Å². The van der Waals surface area contributed by atoms with Gasteiger partial charge in [-0.3, -0.25) is 0 Å². The summed E-state index contributed by atoms with van der Waals surface area (Å²) in [5, 5.41) is 0. The number of rotatable bonds is 6. The van der Waals surface area contributed by atoms with E-state index >= 15 is 0 Å². The lowest BCUT2D eigenvalue weighted by Crippen LogP contribution is -2.21. The molecule has 0 saturated carbocycles. The van der Waals surface area contributed by atoms with Crippen molar-refractivity contribution < 1.29 is 13.2 Å². The fourth-order valence-electron chi connectivity index (χ4n) is 1.26. The summed E-state index contributed by atoms with van der Waals surface area (Å²) in [7, 11) is 0. The van der Waals surface area contributed by atoms with Crippen molar-refractivity contribution in [2.75, 3.05) is 0 Å². The Kier molecular flexibility index (Phi) is 6.16. The lowest BCUT2D eigenvalue weighted by Gasteiger charge is -2.13. The van der Waals surface area contributed by atoms with Crippen LogP contribution in [0.3, 0.4) is 0 Å². The van der Waals surface area contributed by atoms with Gasteiger partial charge in [0.05, 0.1) is 0 Å². The maximum atomic E-state index is 11.8. The van der Waals surface area contributed by atoms with Crippen LogP contribution in [0.15, 0.2) is 0 Å². The van der Waals surface area contributed by atoms with Crippen molar-refractivity contribution in [3.8, 4) is 0 Å². The van der Waals surface area contributed by atoms with E-state index in [1.54, 1.807) is 0 Å². The lowest BCUT2D eigenvalue weighted by molar-refractivity contribution is -0.135. The Balaban J connectivity index is 3.40. The maximum absolute atomic E-state index is 11.8. The molecule has 0 spiro atoms. The predicted molar refractivity (Wildman–Crippen MR) is 52.0 cm³/mol. The van der Waals surface area contributed by atoms with E-state index in [1.165, 1.54) is 0 Å². The van der Waals surface area contributed by atoms with Gasteiger partial charge in [0.1, 0.15) is 0 Å². The number of nitrogens with two attached hydrogens (primary N) is 1. The van der Waals surface area contributed by atoms with E-state index in [0.29, 0.717) is 12.3 Å². The van der Waals surface area contributed by atoms with Crippen LogP contribution in [0.2, 0.25) is 0 Å². The summed E-state index contributed by atoms with van der Waals surface area (Å²) in [6.07, 6.45) is -2.28. The molecule has 0 aliphatic rings. The summed E-state index contributed by atoms with van der Waals surface area (Å²) >= 11 is 0. The summed E-state index contributed by atoms with van der Waals surface area (Å²) in [5.74, 6) is 0.573. The van der Waals surface area contributed by atoms with E-state index in [9.17, 15) is 13.2 Å². The zero-order chi connectivity index (χ0) is 11.2. The van der Waals surface area contributed by atoms with Crippen molar-refractivity contribution >= 4 is 0 Å². The average molecular weight is 211 g/mol. The molecule has 0 fully saturated rings. The maximum Gasteiger partial charge on any atom is 0.389 e. The van der Waals surface area contributed by atoms with Crippen molar-refractivity contribution in [2.45, 2.75) is 58.2 Å². The first-order valence-corrected chi connectivity index (χ1v) is 5.13. The highest BCUT2D eigenvalue weighted by Gasteiger charge is 2.26. The highest BCUT2D eigenvalue weighted by atomic mass is 19.4. The molecule has 14 heavy (non-hydrogen) atoms. The van der Waals surface area contributed by atoms with Crippen LogP contribution in [-0.2, 0) is 0 Å². The Bertz CT molecular complexity index is 143. The molecular formula is C10H20F3N. The minimum atomic E-state index is -4.03. The molecule has 86 valence electrons. The second-order valence-corrected chi connectivity index (χ2v) is 4.24. The number of hydrogen-bond donors (Lipinski definition) is 1. The summed E-state index contributed by atoms with van der Waals surface area (Å²) in [6, 6.07) is -0.0697. The third-order valence-corrected chi connectivity index (χ3v) is 2.15. The fourth-order valence-corrected chi connectivity index (χ4v) is 1.26. The molecule has 0 bridgehead atoms. The molecule has 0 amide bonds. The zero-order valence-corrected chi connectivity index (χ0v) is 8.90. The smallest absolute Gasteiger partial charge is 0.328 e. The van der Waals surface area contributed by atoms with Gasteiger partial charge in [-0.15, -0.1) is 0 Å². The summed E-state index contributed by atoms with van der Waals surface area (Å²) < 4.78 is 35.3. The third-order valence-electron chi connectivity index (χ3n) is 2.15. The molecule has 0 aromatic carbocycles. The van der Waals surface area contributed by atoms with E-state index in [4.69, 9.17) is 5.73 Å². The van der Waals surface area contributed by atoms with Gasteiger partial charge >= 0.3 is 6.18 Å². The summed E-state index contributed by atoms with van der Waals surface area (Å²) in [6.45, 7) is 4.17. The van der Waals surface area contributed by atoms with Gasteiger partial charge in [0.2, 0.25) is 0 Å². The molecule has 0 aromatic heterocycles. The average Bonchev–Trinajstić information content (AvgIpc) is 1.98. The van der Waals surface area contributed by atoms with Crippen LogP contribution < -0.4 is 5.73 Å². The van der Waals surface area contributed by atoms with Gasteiger partial charge in [0.15, 0.2) is 0 Å². The molecule has 0 rings (SSSR count). The molecule has 0 aliphatic heterocycles. The van der Waals surface area contributed by atoms with E-state index < -0.39 is 12.6 Å². The molecule has 0 heterocycles. The molecule has 2 N–H and O–H groups in total. The van der Waals surface area contributed by atoms with Crippen molar-refractivity contribution in [1.82, 2.24) is 0 Å². The quantitative estimate of drug-likeness (QED) is 0.715. The van der Waals surface area contributed by atoms with Crippen LogP contribution in [-0.4, -0.2) is 12.2 Å². The first kappa shape index (κ1) is 13.8. The first-order chi connectivity index (χ1) is 6.31. The number of halogens is 3.